The molecule has 0 aliphatic heterocycles. The Morgan fingerprint density at radius 3 is 2.67 bits per heavy atom. The molecule has 27 heavy (non-hydrogen) atoms. The smallest absolute Gasteiger partial charge is 0.291 e. The van der Waals surface area contributed by atoms with Crippen LogP contribution in [0.15, 0.2) is 24.3 Å². The van der Waals surface area contributed by atoms with Crippen molar-refractivity contribution in [3.63, 3.8) is 0 Å². The van der Waals surface area contributed by atoms with Gasteiger partial charge in [0.25, 0.3) is 5.91 Å². The fourth-order valence-electron chi connectivity index (χ4n) is 4.73. The molecular formula is C20H26FN5O. The lowest BCUT2D eigenvalue weighted by molar-refractivity contribution is 0.0747. The zero-order chi connectivity index (χ0) is 19.0. The second-order valence-corrected chi connectivity index (χ2v) is 7.75. The Balaban J connectivity index is 1.57. The maximum Gasteiger partial charge on any atom is 0.291 e. The molecule has 1 heterocycles. The molecule has 7 heteroatoms. The number of carbonyl (C=O) groups is 1. The van der Waals surface area contributed by atoms with Gasteiger partial charge in [-0.1, -0.05) is 25.5 Å². The van der Waals surface area contributed by atoms with Crippen LogP contribution in [0.3, 0.4) is 0 Å². The molecule has 1 aromatic carbocycles. The fraction of sp³-hybridized carbons (Fsp3) is 0.550. The monoisotopic (exact) mass is 371 g/mol. The molecule has 2 aliphatic carbocycles. The third-order valence-electron chi connectivity index (χ3n) is 5.95. The van der Waals surface area contributed by atoms with Crippen LogP contribution in [0.1, 0.15) is 55.5 Å². The largest absolute Gasteiger partial charge is 0.346 e. The van der Waals surface area contributed by atoms with Crippen molar-refractivity contribution in [2.75, 3.05) is 0 Å². The second kappa shape index (κ2) is 7.38. The van der Waals surface area contributed by atoms with E-state index in [1.807, 2.05) is 6.92 Å². The molecule has 1 amide bonds. The van der Waals surface area contributed by atoms with Crippen LogP contribution in [-0.2, 0) is 6.42 Å². The molecule has 0 spiro atoms. The molecule has 2 fully saturated rings. The summed E-state index contributed by atoms with van der Waals surface area (Å²) in [7, 11) is 0. The Morgan fingerprint density at radius 1 is 1.30 bits per heavy atom. The summed E-state index contributed by atoms with van der Waals surface area (Å²) >= 11 is 0. The van der Waals surface area contributed by atoms with E-state index in [0.717, 1.165) is 25.7 Å². The minimum atomic E-state index is -0.389. The van der Waals surface area contributed by atoms with Gasteiger partial charge in [-0.15, -0.1) is 5.10 Å². The van der Waals surface area contributed by atoms with Crippen LogP contribution in [0.2, 0.25) is 0 Å². The first kappa shape index (κ1) is 18.1. The minimum Gasteiger partial charge on any atom is -0.346 e. The van der Waals surface area contributed by atoms with Crippen molar-refractivity contribution >= 4 is 5.91 Å². The van der Waals surface area contributed by atoms with E-state index in [-0.39, 0.29) is 29.6 Å². The summed E-state index contributed by atoms with van der Waals surface area (Å²) in [6.45, 7) is 1.91. The van der Waals surface area contributed by atoms with E-state index in [1.165, 1.54) is 17.2 Å². The second-order valence-electron chi connectivity index (χ2n) is 7.75. The predicted molar refractivity (Wildman–Crippen MR) is 100.0 cm³/mol. The molecule has 6 nitrogen and oxygen atoms in total. The zero-order valence-electron chi connectivity index (χ0n) is 15.6. The molecule has 2 saturated carbocycles. The number of hydrogen-bond donors (Lipinski definition) is 2. The summed E-state index contributed by atoms with van der Waals surface area (Å²) in [5, 5.41) is 7.48. The summed E-state index contributed by atoms with van der Waals surface area (Å²) in [6.07, 6.45) is 5.88. The lowest BCUT2D eigenvalue weighted by Gasteiger charge is -2.45. The van der Waals surface area contributed by atoms with Gasteiger partial charge in [0.15, 0.2) is 0 Å². The summed E-state index contributed by atoms with van der Waals surface area (Å²) in [6, 6.07) is 6.75. The molecule has 2 bridgehead atoms. The number of halogens is 1. The quantitative estimate of drug-likeness (QED) is 0.865. The average molecular weight is 371 g/mol. The molecule has 2 aliphatic rings. The molecule has 0 radical (unpaired) electrons. The number of amides is 1. The molecule has 3 N–H and O–H groups in total. The van der Waals surface area contributed by atoms with E-state index in [4.69, 9.17) is 5.73 Å². The van der Waals surface area contributed by atoms with Gasteiger partial charge >= 0.3 is 0 Å². The van der Waals surface area contributed by atoms with Crippen molar-refractivity contribution in [1.29, 1.82) is 0 Å². The molecule has 1 aromatic heterocycles. The Bertz CT molecular complexity index is 822. The maximum absolute atomic E-state index is 14.2. The van der Waals surface area contributed by atoms with Crippen LogP contribution in [-0.4, -0.2) is 32.8 Å². The molecule has 2 aromatic rings. The molecule has 0 saturated heterocycles. The SMILES string of the molecule is CCc1nc(C(=O)NC2C3CCCC2CC(N)C3)nn1-c1ccccc1F. The highest BCUT2D eigenvalue weighted by Gasteiger charge is 2.40. The van der Waals surface area contributed by atoms with Crippen molar-refractivity contribution in [1.82, 2.24) is 20.1 Å². The van der Waals surface area contributed by atoms with Gasteiger partial charge in [-0.25, -0.2) is 14.1 Å². The highest BCUT2D eigenvalue weighted by molar-refractivity contribution is 5.90. The van der Waals surface area contributed by atoms with Gasteiger partial charge in [0.05, 0.1) is 0 Å². The van der Waals surface area contributed by atoms with Gasteiger partial charge in [0, 0.05) is 18.5 Å². The van der Waals surface area contributed by atoms with Gasteiger partial charge in [-0.3, -0.25) is 4.79 Å². The van der Waals surface area contributed by atoms with Gasteiger partial charge in [0.2, 0.25) is 5.82 Å². The summed E-state index contributed by atoms with van der Waals surface area (Å²) < 4.78 is 15.6. The van der Waals surface area contributed by atoms with Crippen molar-refractivity contribution in [3.05, 3.63) is 41.7 Å². The normalized spacial score (nSPS) is 27.4. The molecule has 144 valence electrons. The number of hydrogen-bond acceptors (Lipinski definition) is 4. The number of carbonyl (C=O) groups excluding carboxylic acids is 1. The predicted octanol–water partition coefficient (Wildman–Crippen LogP) is 2.60. The first-order chi connectivity index (χ1) is 13.1. The van der Waals surface area contributed by atoms with Crippen LogP contribution in [0.25, 0.3) is 5.69 Å². The van der Waals surface area contributed by atoms with Crippen molar-refractivity contribution in [2.24, 2.45) is 17.6 Å². The lowest BCUT2D eigenvalue weighted by Crippen LogP contribution is -2.53. The van der Waals surface area contributed by atoms with Crippen LogP contribution in [0, 0.1) is 17.7 Å². The van der Waals surface area contributed by atoms with Crippen LogP contribution in [0.4, 0.5) is 4.39 Å². The number of nitrogens with zero attached hydrogens (tertiary/aromatic N) is 3. The van der Waals surface area contributed by atoms with Gasteiger partial charge < -0.3 is 11.1 Å². The summed E-state index contributed by atoms with van der Waals surface area (Å²) in [5.74, 6) is 0.850. The number of aromatic nitrogens is 3. The first-order valence-electron chi connectivity index (χ1n) is 9.84. The standard InChI is InChI=1S/C20H26FN5O/c1-2-17-23-19(25-26(17)16-9-4-3-8-15(16)21)20(27)24-18-12-6-5-7-13(18)11-14(22)10-12/h3-4,8-9,12-14,18H,2,5-7,10-11,22H2,1H3,(H,24,27). The van der Waals surface area contributed by atoms with E-state index in [9.17, 15) is 9.18 Å². The Kier molecular flexibility index (Phi) is 4.95. The van der Waals surface area contributed by atoms with E-state index in [1.54, 1.807) is 18.2 Å². The number of benzene rings is 1. The highest BCUT2D eigenvalue weighted by Crippen LogP contribution is 2.39. The number of rotatable bonds is 4. The van der Waals surface area contributed by atoms with Gasteiger partial charge in [-0.2, -0.15) is 0 Å². The van der Waals surface area contributed by atoms with Crippen LogP contribution >= 0.6 is 0 Å². The maximum atomic E-state index is 14.2. The zero-order valence-corrected chi connectivity index (χ0v) is 15.6. The third-order valence-corrected chi connectivity index (χ3v) is 5.95. The fourth-order valence-corrected chi connectivity index (χ4v) is 4.73. The third kappa shape index (κ3) is 3.48. The van der Waals surface area contributed by atoms with E-state index in [2.05, 4.69) is 15.4 Å². The highest BCUT2D eigenvalue weighted by atomic mass is 19.1. The van der Waals surface area contributed by atoms with E-state index >= 15 is 0 Å². The van der Waals surface area contributed by atoms with Crippen LogP contribution in [0.5, 0.6) is 0 Å². The number of nitrogens with one attached hydrogen (secondary N) is 1. The summed E-state index contributed by atoms with van der Waals surface area (Å²) in [4.78, 5) is 17.2. The van der Waals surface area contributed by atoms with E-state index < -0.39 is 0 Å². The first-order valence-corrected chi connectivity index (χ1v) is 9.84. The lowest BCUT2D eigenvalue weighted by atomic mass is 9.67. The number of aryl methyl sites for hydroxylation is 1. The Morgan fingerprint density at radius 2 is 2.00 bits per heavy atom. The molecular weight excluding hydrogens is 345 g/mol. The van der Waals surface area contributed by atoms with Gasteiger partial charge in [-0.05, 0) is 49.7 Å². The summed E-state index contributed by atoms with van der Waals surface area (Å²) in [5.41, 5.74) is 6.48. The van der Waals surface area contributed by atoms with Crippen molar-refractivity contribution in [2.45, 2.75) is 57.5 Å². The van der Waals surface area contributed by atoms with E-state index in [0.29, 0.717) is 29.8 Å². The van der Waals surface area contributed by atoms with Gasteiger partial charge in [0.1, 0.15) is 17.3 Å². The minimum absolute atomic E-state index is 0.100. The Labute approximate surface area is 158 Å². The Hall–Kier alpha value is -2.28. The number of para-hydroxylation sites is 1. The molecule has 4 rings (SSSR count). The number of nitrogens with two attached hydrogens (primary N) is 1. The van der Waals surface area contributed by atoms with Crippen molar-refractivity contribution < 1.29 is 9.18 Å². The van der Waals surface area contributed by atoms with Crippen LogP contribution < -0.4 is 11.1 Å². The molecule has 2 unspecified atom stereocenters. The number of fused-ring (bicyclic) bond motifs is 2. The average Bonchev–Trinajstić information content (AvgIpc) is 3.07. The van der Waals surface area contributed by atoms with Crippen molar-refractivity contribution in [3.8, 4) is 5.69 Å². The molecule has 2 atom stereocenters. The topological polar surface area (TPSA) is 85.8 Å².